The topological polar surface area (TPSA) is 139 Å². The SMILES string of the molecule is C[C@H](NC(=O)/C(C#N)=C/c1ccc([N+](=O)[O-])c([N+](=O)[O-])c1)c1ccccc1. The quantitative estimate of drug-likeness (QED) is 0.360. The zero-order valence-corrected chi connectivity index (χ0v) is 14.2. The van der Waals surface area contributed by atoms with Crippen molar-refractivity contribution in [1.29, 1.82) is 5.26 Å². The van der Waals surface area contributed by atoms with E-state index >= 15 is 0 Å². The lowest BCUT2D eigenvalue weighted by molar-refractivity contribution is -0.422. The van der Waals surface area contributed by atoms with Crippen LogP contribution in [-0.2, 0) is 4.79 Å². The zero-order valence-electron chi connectivity index (χ0n) is 14.2. The zero-order chi connectivity index (χ0) is 20.0. The highest BCUT2D eigenvalue weighted by atomic mass is 16.6. The van der Waals surface area contributed by atoms with E-state index in [0.717, 1.165) is 23.8 Å². The molecular formula is C18H14N4O5. The summed E-state index contributed by atoms with van der Waals surface area (Å²) in [7, 11) is 0. The molecule has 0 fully saturated rings. The Kier molecular flexibility index (Phi) is 5.96. The van der Waals surface area contributed by atoms with Crippen molar-refractivity contribution in [3.05, 3.63) is 85.5 Å². The molecule has 1 amide bonds. The van der Waals surface area contributed by atoms with Crippen LogP contribution in [0.25, 0.3) is 6.08 Å². The monoisotopic (exact) mass is 366 g/mol. The predicted octanol–water partition coefficient (Wildman–Crippen LogP) is 3.29. The number of benzene rings is 2. The van der Waals surface area contributed by atoms with E-state index in [2.05, 4.69) is 5.32 Å². The summed E-state index contributed by atoms with van der Waals surface area (Å²) < 4.78 is 0. The standard InChI is InChI=1S/C18H14N4O5/c1-12(14-5-3-2-4-6-14)20-18(23)15(11-19)9-13-7-8-16(21(24)25)17(10-13)22(26)27/h2-10,12H,1H3,(H,20,23)/b15-9+/t12-/m0/s1. The molecule has 2 rings (SSSR count). The minimum Gasteiger partial charge on any atom is -0.345 e. The Bertz CT molecular complexity index is 963. The van der Waals surface area contributed by atoms with Crippen molar-refractivity contribution in [3.8, 4) is 6.07 Å². The van der Waals surface area contributed by atoms with Gasteiger partial charge in [0.15, 0.2) is 0 Å². The molecule has 0 spiro atoms. The van der Waals surface area contributed by atoms with Gasteiger partial charge in [-0.25, -0.2) is 0 Å². The van der Waals surface area contributed by atoms with Crippen LogP contribution >= 0.6 is 0 Å². The Hall–Kier alpha value is -4.06. The Morgan fingerprint density at radius 1 is 1.11 bits per heavy atom. The minimum absolute atomic E-state index is 0.131. The van der Waals surface area contributed by atoms with Gasteiger partial charge in [-0.15, -0.1) is 0 Å². The Labute approximate surface area is 153 Å². The molecule has 9 heteroatoms. The molecule has 0 bridgehead atoms. The maximum absolute atomic E-state index is 12.3. The van der Waals surface area contributed by atoms with Gasteiger partial charge in [-0.3, -0.25) is 25.0 Å². The molecule has 1 atom stereocenters. The van der Waals surface area contributed by atoms with Crippen LogP contribution in [0.2, 0.25) is 0 Å². The lowest BCUT2D eigenvalue weighted by atomic mass is 10.1. The molecule has 0 heterocycles. The molecule has 0 aliphatic rings. The number of rotatable bonds is 6. The van der Waals surface area contributed by atoms with Gasteiger partial charge in [0.25, 0.3) is 5.91 Å². The molecule has 2 aromatic carbocycles. The van der Waals surface area contributed by atoms with Crippen molar-refractivity contribution in [2.24, 2.45) is 0 Å². The molecule has 0 aromatic heterocycles. The summed E-state index contributed by atoms with van der Waals surface area (Å²) >= 11 is 0. The number of carbonyl (C=O) groups excluding carboxylic acids is 1. The number of hydrogen-bond acceptors (Lipinski definition) is 6. The molecule has 1 N–H and O–H groups in total. The highest BCUT2D eigenvalue weighted by molar-refractivity contribution is 6.02. The second-order valence-corrected chi connectivity index (χ2v) is 5.54. The van der Waals surface area contributed by atoms with Gasteiger partial charge in [0, 0.05) is 12.1 Å². The molecule has 0 unspecified atom stereocenters. The summed E-state index contributed by atoms with van der Waals surface area (Å²) in [5.74, 6) is -0.658. The number of hydrogen-bond donors (Lipinski definition) is 1. The van der Waals surface area contributed by atoms with E-state index in [1.54, 1.807) is 13.0 Å². The molecule has 27 heavy (non-hydrogen) atoms. The molecule has 0 saturated carbocycles. The average molecular weight is 366 g/mol. The van der Waals surface area contributed by atoms with Crippen LogP contribution in [0.1, 0.15) is 24.1 Å². The summed E-state index contributed by atoms with van der Waals surface area (Å²) in [4.78, 5) is 32.4. The maximum atomic E-state index is 12.3. The minimum atomic E-state index is -0.890. The smallest absolute Gasteiger partial charge is 0.345 e. The summed E-state index contributed by atoms with van der Waals surface area (Å²) in [5, 5.41) is 33.8. The molecule has 136 valence electrons. The van der Waals surface area contributed by atoms with Gasteiger partial charge in [0.1, 0.15) is 11.6 Å². The van der Waals surface area contributed by atoms with Crippen LogP contribution in [0.3, 0.4) is 0 Å². The van der Waals surface area contributed by atoms with Gasteiger partial charge >= 0.3 is 11.4 Å². The number of nitrogens with zero attached hydrogens (tertiary/aromatic N) is 3. The lowest BCUT2D eigenvalue weighted by Crippen LogP contribution is -2.27. The highest BCUT2D eigenvalue weighted by Gasteiger charge is 2.24. The van der Waals surface area contributed by atoms with Crippen LogP contribution < -0.4 is 5.32 Å². The van der Waals surface area contributed by atoms with Crippen LogP contribution in [0.4, 0.5) is 11.4 Å². The van der Waals surface area contributed by atoms with Gasteiger partial charge in [0.05, 0.1) is 15.9 Å². The number of carbonyl (C=O) groups is 1. The highest BCUT2D eigenvalue weighted by Crippen LogP contribution is 2.28. The fourth-order valence-electron chi connectivity index (χ4n) is 2.35. The third kappa shape index (κ3) is 4.73. The molecule has 0 aliphatic heterocycles. The maximum Gasteiger partial charge on any atom is 0.346 e. The number of amides is 1. The Balaban J connectivity index is 2.29. The van der Waals surface area contributed by atoms with Crippen LogP contribution in [-0.4, -0.2) is 15.8 Å². The van der Waals surface area contributed by atoms with Crippen LogP contribution in [0, 0.1) is 31.6 Å². The van der Waals surface area contributed by atoms with E-state index in [-0.39, 0.29) is 17.2 Å². The van der Waals surface area contributed by atoms with Gasteiger partial charge in [0.2, 0.25) is 0 Å². The fraction of sp³-hybridized carbons (Fsp3) is 0.111. The molecule has 9 nitrogen and oxygen atoms in total. The van der Waals surface area contributed by atoms with Crippen molar-refractivity contribution in [3.63, 3.8) is 0 Å². The second kappa shape index (κ2) is 8.35. The van der Waals surface area contributed by atoms with Crippen molar-refractivity contribution >= 4 is 23.4 Å². The molecule has 2 aromatic rings. The van der Waals surface area contributed by atoms with Crippen LogP contribution in [0.5, 0.6) is 0 Å². The van der Waals surface area contributed by atoms with Crippen molar-refractivity contribution in [1.82, 2.24) is 5.32 Å². The lowest BCUT2D eigenvalue weighted by Gasteiger charge is -2.13. The van der Waals surface area contributed by atoms with Crippen LogP contribution in [0.15, 0.2) is 54.1 Å². The molecule has 0 saturated heterocycles. The van der Waals surface area contributed by atoms with Gasteiger partial charge in [-0.1, -0.05) is 30.3 Å². The van der Waals surface area contributed by atoms with Gasteiger partial charge < -0.3 is 5.32 Å². The van der Waals surface area contributed by atoms with E-state index in [1.807, 2.05) is 30.3 Å². The summed E-state index contributed by atoms with van der Waals surface area (Å²) in [6, 6.07) is 13.6. The first kappa shape index (κ1) is 19.3. The third-order valence-electron chi connectivity index (χ3n) is 3.72. The molecule has 0 aliphatic carbocycles. The van der Waals surface area contributed by atoms with E-state index in [0.29, 0.717) is 0 Å². The van der Waals surface area contributed by atoms with Crippen molar-refractivity contribution < 1.29 is 14.6 Å². The van der Waals surface area contributed by atoms with Gasteiger partial charge in [-0.2, -0.15) is 5.26 Å². The largest absolute Gasteiger partial charge is 0.346 e. The van der Waals surface area contributed by atoms with E-state index in [1.165, 1.54) is 6.07 Å². The van der Waals surface area contributed by atoms with Crippen molar-refractivity contribution in [2.45, 2.75) is 13.0 Å². The normalized spacial score (nSPS) is 11.9. The van der Waals surface area contributed by atoms with E-state index in [9.17, 15) is 30.3 Å². The fourth-order valence-corrected chi connectivity index (χ4v) is 2.35. The Morgan fingerprint density at radius 3 is 2.30 bits per heavy atom. The summed E-state index contributed by atoms with van der Waals surface area (Å²) in [5.41, 5.74) is -0.691. The number of nitro groups is 2. The number of nitro benzene ring substituents is 2. The van der Waals surface area contributed by atoms with E-state index in [4.69, 9.17) is 0 Å². The van der Waals surface area contributed by atoms with Crippen molar-refractivity contribution in [2.75, 3.05) is 0 Å². The first-order valence-electron chi connectivity index (χ1n) is 7.74. The molecular weight excluding hydrogens is 352 g/mol. The van der Waals surface area contributed by atoms with E-state index < -0.39 is 27.1 Å². The molecule has 0 radical (unpaired) electrons. The average Bonchev–Trinajstić information content (AvgIpc) is 2.66. The third-order valence-corrected chi connectivity index (χ3v) is 3.72. The predicted molar refractivity (Wildman–Crippen MR) is 96.3 cm³/mol. The Morgan fingerprint density at radius 2 is 1.74 bits per heavy atom. The van der Waals surface area contributed by atoms with Gasteiger partial charge in [-0.05, 0) is 30.2 Å². The first-order valence-corrected chi connectivity index (χ1v) is 7.74. The second-order valence-electron chi connectivity index (χ2n) is 5.54. The summed E-state index contributed by atoms with van der Waals surface area (Å²) in [6.07, 6.45) is 1.14. The number of nitrogens with one attached hydrogen (secondary N) is 1. The number of nitriles is 1. The summed E-state index contributed by atoms with van der Waals surface area (Å²) in [6.45, 7) is 1.75. The first-order chi connectivity index (χ1) is 12.8.